The van der Waals surface area contributed by atoms with Crippen molar-refractivity contribution < 1.29 is 22.7 Å². The van der Waals surface area contributed by atoms with Crippen LogP contribution >= 0.6 is 0 Å². The lowest BCUT2D eigenvalue weighted by Crippen LogP contribution is -2.50. The number of rotatable bonds is 4. The third-order valence-electron chi connectivity index (χ3n) is 4.14. The van der Waals surface area contributed by atoms with Crippen LogP contribution in [0, 0.1) is 0 Å². The fourth-order valence-corrected chi connectivity index (χ4v) is 3.62. The molecule has 0 saturated carbocycles. The predicted octanol–water partition coefficient (Wildman–Crippen LogP) is 1.99. The lowest BCUT2D eigenvalue weighted by atomic mass is 10.1. The zero-order chi connectivity index (χ0) is 18.9. The van der Waals surface area contributed by atoms with Crippen molar-refractivity contribution in [3.8, 4) is 11.5 Å². The van der Waals surface area contributed by atoms with Gasteiger partial charge in [-0.25, -0.2) is 8.42 Å². The number of sulfonamides is 1. The molecule has 0 aromatic heterocycles. The minimum Gasteiger partial charge on any atom is -0.485 e. The van der Waals surface area contributed by atoms with Crippen LogP contribution in [0.5, 0.6) is 11.5 Å². The van der Waals surface area contributed by atoms with E-state index in [9.17, 15) is 13.2 Å². The summed E-state index contributed by atoms with van der Waals surface area (Å²) in [6.45, 7) is -0.0133. The van der Waals surface area contributed by atoms with Gasteiger partial charge in [-0.15, -0.1) is 4.83 Å². The number of hydrogen-bond acceptors (Lipinski definition) is 5. The molecule has 0 fully saturated rings. The molecule has 1 aliphatic rings. The maximum atomic E-state index is 12.5. The van der Waals surface area contributed by atoms with Gasteiger partial charge in [-0.2, -0.15) is 0 Å². The van der Waals surface area contributed by atoms with Gasteiger partial charge in [-0.3, -0.25) is 10.2 Å². The topological polar surface area (TPSA) is 93.7 Å². The second kappa shape index (κ2) is 6.90. The van der Waals surface area contributed by atoms with Gasteiger partial charge in [0.05, 0.1) is 4.90 Å². The number of fused-ring (bicyclic) bond motifs is 2. The fourth-order valence-electron chi connectivity index (χ4n) is 2.74. The number of benzene rings is 3. The highest BCUT2D eigenvalue weighted by atomic mass is 32.2. The summed E-state index contributed by atoms with van der Waals surface area (Å²) in [7, 11) is -3.92. The number of hydrazine groups is 1. The molecule has 138 valence electrons. The summed E-state index contributed by atoms with van der Waals surface area (Å²) in [6.07, 6.45) is -0.959. The molecule has 4 rings (SSSR count). The Morgan fingerprint density at radius 3 is 2.44 bits per heavy atom. The number of nitrogens with one attached hydrogen (secondary N) is 2. The summed E-state index contributed by atoms with van der Waals surface area (Å²) in [6, 6.07) is 19.1. The zero-order valence-electron chi connectivity index (χ0n) is 14.1. The Morgan fingerprint density at radius 2 is 1.63 bits per heavy atom. The van der Waals surface area contributed by atoms with Crippen LogP contribution in [0.3, 0.4) is 0 Å². The molecule has 0 unspecified atom stereocenters. The maximum absolute atomic E-state index is 12.5. The third-order valence-corrected chi connectivity index (χ3v) is 5.39. The van der Waals surface area contributed by atoms with Gasteiger partial charge < -0.3 is 9.47 Å². The molecule has 1 amide bonds. The van der Waals surface area contributed by atoms with E-state index >= 15 is 0 Å². The summed E-state index contributed by atoms with van der Waals surface area (Å²) < 4.78 is 35.9. The van der Waals surface area contributed by atoms with Crippen LogP contribution in [0.25, 0.3) is 10.8 Å². The SMILES string of the molecule is O=C(NNS(=O)(=O)c1ccc2ccccc2c1)[C@@H]1COc2ccccc2O1. The standard InChI is InChI=1S/C19H16N2O5S/c22-19(18-12-25-16-7-3-4-8-17(16)26-18)20-21-27(23,24)15-10-9-13-5-1-2-6-14(13)11-15/h1-11,18,21H,12H2,(H,20,22)/t18-/m0/s1. The van der Waals surface area contributed by atoms with E-state index in [0.29, 0.717) is 11.5 Å². The summed E-state index contributed by atoms with van der Waals surface area (Å²) in [4.78, 5) is 14.4. The predicted molar refractivity (Wildman–Crippen MR) is 98.8 cm³/mol. The van der Waals surface area contributed by atoms with Crippen LogP contribution in [-0.2, 0) is 14.8 Å². The van der Waals surface area contributed by atoms with Crippen molar-refractivity contribution in [1.29, 1.82) is 0 Å². The van der Waals surface area contributed by atoms with Crippen molar-refractivity contribution in [2.24, 2.45) is 0 Å². The van der Waals surface area contributed by atoms with Gasteiger partial charge in [-0.05, 0) is 35.0 Å². The molecule has 0 spiro atoms. The molecule has 7 nitrogen and oxygen atoms in total. The van der Waals surface area contributed by atoms with E-state index in [1.807, 2.05) is 24.3 Å². The zero-order valence-corrected chi connectivity index (χ0v) is 14.9. The number of amides is 1. The molecule has 3 aromatic carbocycles. The summed E-state index contributed by atoms with van der Waals surface area (Å²) in [5.74, 6) is 0.327. The van der Waals surface area contributed by atoms with Gasteiger partial charge in [-0.1, -0.05) is 42.5 Å². The van der Waals surface area contributed by atoms with Crippen molar-refractivity contribution >= 4 is 26.7 Å². The van der Waals surface area contributed by atoms with Crippen LogP contribution in [-0.4, -0.2) is 27.0 Å². The van der Waals surface area contributed by atoms with Crippen LogP contribution in [0.1, 0.15) is 0 Å². The highest BCUT2D eigenvalue weighted by Crippen LogP contribution is 2.30. The minimum absolute atomic E-state index is 0.0133. The van der Waals surface area contributed by atoms with Crippen molar-refractivity contribution in [3.05, 3.63) is 66.7 Å². The molecule has 1 atom stereocenters. The minimum atomic E-state index is -3.92. The fraction of sp³-hybridized carbons (Fsp3) is 0.105. The van der Waals surface area contributed by atoms with E-state index < -0.39 is 22.0 Å². The highest BCUT2D eigenvalue weighted by Gasteiger charge is 2.28. The number of para-hydroxylation sites is 2. The van der Waals surface area contributed by atoms with Crippen molar-refractivity contribution in [3.63, 3.8) is 0 Å². The van der Waals surface area contributed by atoms with Gasteiger partial charge >= 0.3 is 0 Å². The van der Waals surface area contributed by atoms with Gasteiger partial charge in [0.2, 0.25) is 6.10 Å². The smallest absolute Gasteiger partial charge is 0.279 e. The number of ether oxygens (including phenoxy) is 2. The van der Waals surface area contributed by atoms with E-state index in [0.717, 1.165) is 10.8 Å². The average molecular weight is 384 g/mol. The molecular formula is C19H16N2O5S. The first-order valence-electron chi connectivity index (χ1n) is 8.22. The van der Waals surface area contributed by atoms with Gasteiger partial charge in [0.1, 0.15) is 6.61 Å². The number of carbonyl (C=O) groups is 1. The molecule has 2 N–H and O–H groups in total. The van der Waals surface area contributed by atoms with Crippen molar-refractivity contribution in [2.75, 3.05) is 6.61 Å². The first-order chi connectivity index (χ1) is 13.0. The van der Waals surface area contributed by atoms with E-state index in [4.69, 9.17) is 9.47 Å². The molecule has 0 bridgehead atoms. The quantitative estimate of drug-likeness (QED) is 0.671. The van der Waals surface area contributed by atoms with E-state index in [1.54, 1.807) is 36.4 Å². The monoisotopic (exact) mass is 384 g/mol. The average Bonchev–Trinajstić information content (AvgIpc) is 2.71. The van der Waals surface area contributed by atoms with Crippen LogP contribution in [0.2, 0.25) is 0 Å². The summed E-state index contributed by atoms with van der Waals surface area (Å²) >= 11 is 0. The second-order valence-electron chi connectivity index (χ2n) is 5.97. The van der Waals surface area contributed by atoms with Gasteiger partial charge in [0.15, 0.2) is 11.5 Å². The second-order valence-corrected chi connectivity index (χ2v) is 7.65. The van der Waals surface area contributed by atoms with E-state index in [2.05, 4.69) is 10.3 Å². The Labute approximate surface area is 155 Å². The highest BCUT2D eigenvalue weighted by molar-refractivity contribution is 7.89. The molecule has 27 heavy (non-hydrogen) atoms. The summed E-state index contributed by atoms with van der Waals surface area (Å²) in [5.41, 5.74) is 2.19. The lowest BCUT2D eigenvalue weighted by Gasteiger charge is -2.25. The van der Waals surface area contributed by atoms with Crippen LogP contribution < -0.4 is 19.7 Å². The lowest BCUT2D eigenvalue weighted by molar-refractivity contribution is -0.130. The molecule has 0 radical (unpaired) electrons. The number of hydrogen-bond donors (Lipinski definition) is 2. The Hall–Kier alpha value is -3.10. The third kappa shape index (κ3) is 3.57. The van der Waals surface area contributed by atoms with Crippen molar-refractivity contribution in [1.82, 2.24) is 10.3 Å². The normalized spacial score (nSPS) is 16.1. The van der Waals surface area contributed by atoms with Crippen LogP contribution in [0.4, 0.5) is 0 Å². The first-order valence-corrected chi connectivity index (χ1v) is 9.70. The van der Waals surface area contributed by atoms with Crippen molar-refractivity contribution in [2.45, 2.75) is 11.0 Å². The van der Waals surface area contributed by atoms with Gasteiger partial charge in [0, 0.05) is 0 Å². The van der Waals surface area contributed by atoms with Gasteiger partial charge in [0.25, 0.3) is 15.9 Å². The first kappa shape index (κ1) is 17.3. The molecule has 0 saturated heterocycles. The summed E-state index contributed by atoms with van der Waals surface area (Å²) in [5, 5.41) is 1.71. The maximum Gasteiger partial charge on any atom is 0.279 e. The van der Waals surface area contributed by atoms with E-state index in [1.165, 1.54) is 6.07 Å². The Balaban J connectivity index is 1.45. The molecule has 1 heterocycles. The molecule has 1 aliphatic heterocycles. The molecule has 3 aromatic rings. The molecular weight excluding hydrogens is 368 g/mol. The van der Waals surface area contributed by atoms with E-state index in [-0.39, 0.29) is 11.5 Å². The molecule has 8 heteroatoms. The molecule has 0 aliphatic carbocycles. The Kier molecular flexibility index (Phi) is 4.43. The largest absolute Gasteiger partial charge is 0.485 e. The number of carbonyl (C=O) groups excluding carboxylic acids is 1. The Bertz CT molecular complexity index is 1110. The van der Waals surface area contributed by atoms with Crippen LogP contribution in [0.15, 0.2) is 71.6 Å². The Morgan fingerprint density at radius 1 is 0.926 bits per heavy atom.